The highest BCUT2D eigenvalue weighted by Gasteiger charge is 2.09. The van der Waals surface area contributed by atoms with Gasteiger partial charge in [-0.25, -0.2) is 0 Å². The van der Waals surface area contributed by atoms with Gasteiger partial charge in [-0.05, 0) is 29.7 Å². The van der Waals surface area contributed by atoms with E-state index in [4.69, 9.17) is 5.11 Å². The average molecular weight is 177 g/mol. The molecule has 1 aromatic carbocycles. The van der Waals surface area contributed by atoms with Crippen LogP contribution < -0.4 is 0 Å². The predicted octanol–water partition coefficient (Wildman–Crippen LogP) is 0.859. The number of rotatable bonds is 1. The van der Waals surface area contributed by atoms with E-state index in [9.17, 15) is 5.11 Å². The molecule has 0 saturated carbocycles. The minimum absolute atomic E-state index is 0.115. The van der Waals surface area contributed by atoms with Crippen LogP contribution in [0.2, 0.25) is 0 Å². The highest BCUT2D eigenvalue weighted by atomic mass is 16.3. The zero-order chi connectivity index (χ0) is 9.26. The summed E-state index contributed by atoms with van der Waals surface area (Å²) in [4.78, 5) is 4.12. The van der Waals surface area contributed by atoms with Crippen LogP contribution in [0.25, 0.3) is 0 Å². The van der Waals surface area contributed by atoms with Gasteiger partial charge in [0.2, 0.25) is 0 Å². The lowest BCUT2D eigenvalue weighted by molar-refractivity contribution is 0.275. The van der Waals surface area contributed by atoms with Gasteiger partial charge in [0.05, 0.1) is 6.61 Å². The minimum Gasteiger partial charge on any atom is -0.508 e. The summed E-state index contributed by atoms with van der Waals surface area (Å²) in [5.41, 5.74) is 2.70. The van der Waals surface area contributed by atoms with Gasteiger partial charge in [-0.3, -0.25) is 4.99 Å². The van der Waals surface area contributed by atoms with E-state index in [0.717, 1.165) is 24.1 Å². The van der Waals surface area contributed by atoms with Crippen molar-refractivity contribution in [2.75, 3.05) is 6.54 Å². The molecule has 1 aromatic rings. The standard InChI is InChI=1S/C10H11NO2/c12-6-9-3-7-1-2-11-5-8(7)4-10(9)13/h3-5,12-13H,1-2,6H2. The molecule has 0 amide bonds. The Bertz CT molecular complexity index is 358. The highest BCUT2D eigenvalue weighted by molar-refractivity contribution is 5.83. The van der Waals surface area contributed by atoms with E-state index in [-0.39, 0.29) is 12.4 Å². The van der Waals surface area contributed by atoms with Gasteiger partial charge >= 0.3 is 0 Å². The molecule has 1 heterocycles. The number of aliphatic imine (C=N–C) groups is 1. The van der Waals surface area contributed by atoms with Crippen molar-refractivity contribution in [3.8, 4) is 5.75 Å². The third kappa shape index (κ3) is 1.42. The molecule has 0 aliphatic carbocycles. The summed E-state index contributed by atoms with van der Waals surface area (Å²) in [5.74, 6) is 0.148. The third-order valence-corrected chi connectivity index (χ3v) is 2.25. The molecule has 0 unspecified atom stereocenters. The number of aliphatic hydroxyl groups is 1. The number of fused-ring (bicyclic) bond motifs is 1. The van der Waals surface area contributed by atoms with Gasteiger partial charge in [0.15, 0.2) is 0 Å². The van der Waals surface area contributed by atoms with E-state index < -0.39 is 0 Å². The van der Waals surface area contributed by atoms with E-state index in [1.54, 1.807) is 12.3 Å². The molecule has 0 aromatic heterocycles. The lowest BCUT2D eigenvalue weighted by atomic mass is 9.99. The van der Waals surface area contributed by atoms with E-state index in [2.05, 4.69) is 4.99 Å². The second-order valence-corrected chi connectivity index (χ2v) is 3.12. The van der Waals surface area contributed by atoms with Crippen LogP contribution in [0.3, 0.4) is 0 Å². The quantitative estimate of drug-likeness (QED) is 0.668. The van der Waals surface area contributed by atoms with Crippen LogP contribution in [0.1, 0.15) is 16.7 Å². The number of hydrogen-bond acceptors (Lipinski definition) is 3. The molecular weight excluding hydrogens is 166 g/mol. The van der Waals surface area contributed by atoms with Crippen LogP contribution in [0.15, 0.2) is 17.1 Å². The zero-order valence-electron chi connectivity index (χ0n) is 7.20. The molecule has 0 atom stereocenters. The molecule has 2 rings (SSSR count). The van der Waals surface area contributed by atoms with Crippen molar-refractivity contribution in [1.29, 1.82) is 0 Å². The molecule has 13 heavy (non-hydrogen) atoms. The predicted molar refractivity (Wildman–Crippen MR) is 50.2 cm³/mol. The second kappa shape index (κ2) is 3.18. The van der Waals surface area contributed by atoms with Crippen molar-refractivity contribution in [3.63, 3.8) is 0 Å². The topological polar surface area (TPSA) is 52.8 Å². The van der Waals surface area contributed by atoms with Crippen molar-refractivity contribution >= 4 is 6.21 Å². The smallest absolute Gasteiger partial charge is 0.121 e. The number of nitrogens with zero attached hydrogens (tertiary/aromatic N) is 1. The molecule has 68 valence electrons. The normalized spacial score (nSPS) is 14.2. The van der Waals surface area contributed by atoms with E-state index >= 15 is 0 Å². The summed E-state index contributed by atoms with van der Waals surface area (Å²) < 4.78 is 0. The molecule has 0 fully saturated rings. The fourth-order valence-electron chi connectivity index (χ4n) is 1.51. The first-order valence-corrected chi connectivity index (χ1v) is 4.26. The van der Waals surface area contributed by atoms with Gasteiger partial charge in [-0.2, -0.15) is 0 Å². The molecular formula is C10H11NO2. The van der Waals surface area contributed by atoms with Crippen LogP contribution >= 0.6 is 0 Å². The Kier molecular flexibility index (Phi) is 2.02. The maximum atomic E-state index is 9.44. The Morgan fingerprint density at radius 1 is 1.38 bits per heavy atom. The van der Waals surface area contributed by atoms with Gasteiger partial charge in [0.25, 0.3) is 0 Å². The third-order valence-electron chi connectivity index (χ3n) is 2.25. The van der Waals surface area contributed by atoms with Gasteiger partial charge in [-0.1, -0.05) is 0 Å². The second-order valence-electron chi connectivity index (χ2n) is 3.12. The minimum atomic E-state index is -0.115. The van der Waals surface area contributed by atoms with Gasteiger partial charge < -0.3 is 10.2 Å². The molecule has 0 spiro atoms. The lowest BCUT2D eigenvalue weighted by Gasteiger charge is -2.12. The number of aliphatic hydroxyl groups excluding tert-OH is 1. The zero-order valence-corrected chi connectivity index (χ0v) is 7.20. The van der Waals surface area contributed by atoms with Crippen LogP contribution in [-0.2, 0) is 13.0 Å². The van der Waals surface area contributed by atoms with Crippen molar-refractivity contribution < 1.29 is 10.2 Å². The molecule has 1 aliphatic rings. The molecule has 3 heteroatoms. The Morgan fingerprint density at radius 2 is 2.23 bits per heavy atom. The summed E-state index contributed by atoms with van der Waals surface area (Å²) in [6.07, 6.45) is 2.65. The Morgan fingerprint density at radius 3 is 3.00 bits per heavy atom. The molecule has 1 aliphatic heterocycles. The summed E-state index contributed by atoms with van der Waals surface area (Å²) in [5, 5.41) is 18.4. The Hall–Kier alpha value is -1.35. The maximum Gasteiger partial charge on any atom is 0.121 e. The van der Waals surface area contributed by atoms with Crippen molar-refractivity contribution in [2.45, 2.75) is 13.0 Å². The SMILES string of the molecule is OCc1cc2c(cc1O)C=NCC2. The maximum absolute atomic E-state index is 9.44. The van der Waals surface area contributed by atoms with Crippen molar-refractivity contribution in [3.05, 3.63) is 28.8 Å². The van der Waals surface area contributed by atoms with E-state index in [0.29, 0.717) is 5.56 Å². The molecule has 3 nitrogen and oxygen atoms in total. The van der Waals surface area contributed by atoms with Gasteiger partial charge in [-0.15, -0.1) is 0 Å². The van der Waals surface area contributed by atoms with Gasteiger partial charge in [0.1, 0.15) is 5.75 Å². The Labute approximate surface area is 76.4 Å². The fourth-order valence-corrected chi connectivity index (χ4v) is 1.51. The van der Waals surface area contributed by atoms with E-state index in [1.807, 2.05) is 6.07 Å². The number of benzene rings is 1. The number of aromatic hydroxyl groups is 1. The van der Waals surface area contributed by atoms with Crippen LogP contribution in [0.5, 0.6) is 5.75 Å². The number of hydrogen-bond donors (Lipinski definition) is 2. The summed E-state index contributed by atoms with van der Waals surface area (Å²) in [6, 6.07) is 3.50. The van der Waals surface area contributed by atoms with Crippen LogP contribution in [0, 0.1) is 0 Å². The summed E-state index contributed by atoms with van der Waals surface area (Å²) >= 11 is 0. The number of phenols is 1. The largest absolute Gasteiger partial charge is 0.508 e. The lowest BCUT2D eigenvalue weighted by Crippen LogP contribution is -2.03. The first-order valence-electron chi connectivity index (χ1n) is 4.26. The first-order chi connectivity index (χ1) is 6.31. The van der Waals surface area contributed by atoms with Crippen molar-refractivity contribution in [2.24, 2.45) is 4.99 Å². The molecule has 0 bridgehead atoms. The molecule has 2 N–H and O–H groups in total. The van der Waals surface area contributed by atoms with Gasteiger partial charge in [0, 0.05) is 18.3 Å². The van der Waals surface area contributed by atoms with Crippen molar-refractivity contribution in [1.82, 2.24) is 0 Å². The van der Waals surface area contributed by atoms with Crippen LogP contribution in [-0.4, -0.2) is 23.0 Å². The first kappa shape index (κ1) is 8.26. The summed E-state index contributed by atoms with van der Waals surface area (Å²) in [7, 11) is 0. The van der Waals surface area contributed by atoms with E-state index in [1.165, 1.54) is 0 Å². The summed E-state index contributed by atoms with van der Waals surface area (Å²) in [6.45, 7) is 0.679. The molecule has 0 radical (unpaired) electrons. The average Bonchev–Trinajstić information content (AvgIpc) is 2.17. The molecule has 0 saturated heterocycles. The highest BCUT2D eigenvalue weighted by Crippen LogP contribution is 2.23. The van der Waals surface area contributed by atoms with Crippen LogP contribution in [0.4, 0.5) is 0 Å². The Balaban J connectivity index is 2.52. The monoisotopic (exact) mass is 177 g/mol. The fraction of sp³-hybridized carbons (Fsp3) is 0.300.